The van der Waals surface area contributed by atoms with E-state index in [0.717, 1.165) is 21.5 Å². The molecule has 1 N–H and O–H groups in total. The van der Waals surface area contributed by atoms with Gasteiger partial charge in [-0.05, 0) is 38.3 Å². The van der Waals surface area contributed by atoms with Crippen molar-refractivity contribution in [3.8, 4) is 0 Å². The van der Waals surface area contributed by atoms with Gasteiger partial charge >= 0.3 is 0 Å². The maximum atomic E-state index is 12.8. The number of amides is 1. The largest absolute Gasteiger partial charge is 0.352 e. The summed E-state index contributed by atoms with van der Waals surface area (Å²) in [6.07, 6.45) is 1.45. The third kappa shape index (κ3) is 3.28. The van der Waals surface area contributed by atoms with Crippen molar-refractivity contribution in [3.63, 3.8) is 0 Å². The minimum absolute atomic E-state index is 0.0292. The van der Waals surface area contributed by atoms with E-state index in [0.29, 0.717) is 16.1 Å². The normalized spacial score (nSPS) is 12.9. The summed E-state index contributed by atoms with van der Waals surface area (Å²) in [4.78, 5) is 34.7. The van der Waals surface area contributed by atoms with E-state index >= 15 is 0 Å². The lowest BCUT2D eigenvalue weighted by Crippen LogP contribution is -2.39. The van der Waals surface area contributed by atoms with E-state index in [1.807, 2.05) is 40.7 Å². The van der Waals surface area contributed by atoms with Gasteiger partial charge in [0.05, 0.1) is 11.8 Å². The van der Waals surface area contributed by atoms with Crippen molar-refractivity contribution >= 4 is 37.7 Å². The standard InChI is InChI=1S/C18H22N4O2S/c1-9(2)12(5)21-13(23)7-22-8-19-15-14-10(3)6-11(4)20-17(14)25-16(15)18(22)24/h6,8-9,12H,7H2,1-5H3,(H,21,23). The van der Waals surface area contributed by atoms with Crippen molar-refractivity contribution in [2.75, 3.05) is 0 Å². The highest BCUT2D eigenvalue weighted by Gasteiger charge is 2.17. The fraction of sp³-hybridized carbons (Fsp3) is 0.444. The highest BCUT2D eigenvalue weighted by Crippen LogP contribution is 2.31. The van der Waals surface area contributed by atoms with Gasteiger partial charge in [-0.1, -0.05) is 13.8 Å². The summed E-state index contributed by atoms with van der Waals surface area (Å²) in [5.74, 6) is 0.150. The second-order valence-electron chi connectivity index (χ2n) is 6.82. The Kier molecular flexibility index (Phi) is 4.60. The van der Waals surface area contributed by atoms with Crippen LogP contribution >= 0.6 is 11.3 Å². The zero-order chi connectivity index (χ0) is 18.3. The van der Waals surface area contributed by atoms with Crippen LogP contribution in [0.25, 0.3) is 20.4 Å². The van der Waals surface area contributed by atoms with E-state index < -0.39 is 0 Å². The molecule has 3 rings (SSSR count). The lowest BCUT2D eigenvalue weighted by Gasteiger charge is -2.17. The van der Waals surface area contributed by atoms with Crippen LogP contribution in [0.15, 0.2) is 17.2 Å². The molecule has 7 heteroatoms. The monoisotopic (exact) mass is 358 g/mol. The average molecular weight is 358 g/mol. The van der Waals surface area contributed by atoms with Crippen LogP contribution in [0.3, 0.4) is 0 Å². The van der Waals surface area contributed by atoms with Crippen molar-refractivity contribution < 1.29 is 4.79 Å². The van der Waals surface area contributed by atoms with Gasteiger partial charge in [-0.3, -0.25) is 14.2 Å². The molecule has 3 aromatic rings. The number of hydrogen-bond acceptors (Lipinski definition) is 5. The Hall–Kier alpha value is -2.28. The van der Waals surface area contributed by atoms with E-state index in [9.17, 15) is 9.59 Å². The lowest BCUT2D eigenvalue weighted by atomic mass is 10.1. The van der Waals surface area contributed by atoms with E-state index in [4.69, 9.17) is 0 Å². The molecule has 0 saturated carbocycles. The van der Waals surface area contributed by atoms with Crippen LogP contribution < -0.4 is 10.9 Å². The number of aromatic nitrogens is 3. The molecule has 132 valence electrons. The molecule has 0 aliphatic rings. The molecule has 3 aromatic heterocycles. The first-order chi connectivity index (χ1) is 11.8. The van der Waals surface area contributed by atoms with Gasteiger partial charge in [-0.2, -0.15) is 0 Å². The van der Waals surface area contributed by atoms with Crippen molar-refractivity contribution in [3.05, 3.63) is 34.0 Å². The summed E-state index contributed by atoms with van der Waals surface area (Å²) in [5.41, 5.74) is 2.44. The van der Waals surface area contributed by atoms with E-state index in [1.54, 1.807) is 0 Å². The highest BCUT2D eigenvalue weighted by atomic mass is 32.1. The van der Waals surface area contributed by atoms with Gasteiger partial charge in [0.25, 0.3) is 5.56 Å². The molecule has 0 aromatic carbocycles. The molecule has 25 heavy (non-hydrogen) atoms. The summed E-state index contributed by atoms with van der Waals surface area (Å²) in [5, 5.41) is 3.83. The molecule has 3 heterocycles. The lowest BCUT2D eigenvalue weighted by molar-refractivity contribution is -0.122. The number of thiophene rings is 1. The van der Waals surface area contributed by atoms with Crippen LogP contribution in [-0.2, 0) is 11.3 Å². The number of nitrogens with zero attached hydrogens (tertiary/aromatic N) is 3. The zero-order valence-electron chi connectivity index (χ0n) is 15.1. The molecule has 1 atom stereocenters. The Morgan fingerprint density at radius 3 is 2.72 bits per heavy atom. The smallest absolute Gasteiger partial charge is 0.271 e. The summed E-state index contributed by atoms with van der Waals surface area (Å²) in [7, 11) is 0. The highest BCUT2D eigenvalue weighted by molar-refractivity contribution is 7.25. The number of pyridine rings is 1. The van der Waals surface area contributed by atoms with Crippen LogP contribution in [0.2, 0.25) is 0 Å². The summed E-state index contributed by atoms with van der Waals surface area (Å²) in [6, 6.07) is 2.04. The Balaban J connectivity index is 2.00. The van der Waals surface area contributed by atoms with Crippen molar-refractivity contribution in [2.45, 2.75) is 47.2 Å². The molecule has 0 radical (unpaired) electrons. The van der Waals surface area contributed by atoms with Crippen LogP contribution in [0.1, 0.15) is 32.0 Å². The van der Waals surface area contributed by atoms with Gasteiger partial charge in [0, 0.05) is 17.1 Å². The molecule has 1 amide bonds. The number of nitrogens with one attached hydrogen (secondary N) is 1. The van der Waals surface area contributed by atoms with E-state index in [1.165, 1.54) is 22.2 Å². The number of aryl methyl sites for hydroxylation is 2. The Labute approximate surface area is 149 Å². The van der Waals surface area contributed by atoms with Crippen molar-refractivity contribution in [1.29, 1.82) is 0 Å². The van der Waals surface area contributed by atoms with Crippen LogP contribution in [-0.4, -0.2) is 26.5 Å². The van der Waals surface area contributed by atoms with Crippen molar-refractivity contribution in [1.82, 2.24) is 19.9 Å². The van der Waals surface area contributed by atoms with Crippen molar-refractivity contribution in [2.24, 2.45) is 5.92 Å². The summed E-state index contributed by atoms with van der Waals surface area (Å²) >= 11 is 1.34. The van der Waals surface area contributed by atoms with Crippen LogP contribution in [0.5, 0.6) is 0 Å². The summed E-state index contributed by atoms with van der Waals surface area (Å²) in [6.45, 7) is 9.94. The molecule has 0 aliphatic carbocycles. The predicted molar refractivity (Wildman–Crippen MR) is 101 cm³/mol. The first-order valence-electron chi connectivity index (χ1n) is 8.33. The molecular weight excluding hydrogens is 336 g/mol. The van der Waals surface area contributed by atoms with Crippen LogP contribution in [0, 0.1) is 19.8 Å². The Morgan fingerprint density at radius 2 is 2.04 bits per heavy atom. The molecule has 0 bridgehead atoms. The fourth-order valence-corrected chi connectivity index (χ4v) is 3.93. The molecular formula is C18H22N4O2S. The minimum atomic E-state index is -0.197. The second kappa shape index (κ2) is 6.55. The van der Waals surface area contributed by atoms with Crippen LogP contribution in [0.4, 0.5) is 0 Å². The molecule has 6 nitrogen and oxygen atoms in total. The van der Waals surface area contributed by atoms with Gasteiger partial charge in [0.15, 0.2) is 0 Å². The first kappa shape index (κ1) is 17.5. The number of carbonyl (C=O) groups excluding carboxylic acids is 1. The van der Waals surface area contributed by atoms with E-state index in [2.05, 4.69) is 15.3 Å². The Morgan fingerprint density at radius 1 is 1.32 bits per heavy atom. The third-order valence-electron chi connectivity index (χ3n) is 4.45. The van der Waals surface area contributed by atoms with E-state index in [-0.39, 0.29) is 24.1 Å². The molecule has 0 spiro atoms. The van der Waals surface area contributed by atoms with Gasteiger partial charge in [0.1, 0.15) is 16.1 Å². The molecule has 1 unspecified atom stereocenters. The minimum Gasteiger partial charge on any atom is -0.352 e. The topological polar surface area (TPSA) is 76.9 Å². The molecule has 0 saturated heterocycles. The van der Waals surface area contributed by atoms with Gasteiger partial charge in [-0.25, -0.2) is 9.97 Å². The number of rotatable bonds is 4. The number of fused-ring (bicyclic) bond motifs is 3. The fourth-order valence-electron chi connectivity index (χ4n) is 2.73. The quantitative estimate of drug-likeness (QED) is 0.778. The molecule has 0 aliphatic heterocycles. The van der Waals surface area contributed by atoms with Gasteiger partial charge < -0.3 is 5.32 Å². The van der Waals surface area contributed by atoms with Gasteiger partial charge in [-0.15, -0.1) is 11.3 Å². The maximum absolute atomic E-state index is 12.8. The second-order valence-corrected chi connectivity index (χ2v) is 7.82. The SMILES string of the molecule is Cc1cc(C)c2c(n1)sc1c(=O)n(CC(=O)NC(C)C(C)C)cnc12. The molecule has 0 fully saturated rings. The third-order valence-corrected chi connectivity index (χ3v) is 5.51. The Bertz CT molecular complexity index is 1020. The number of hydrogen-bond donors (Lipinski definition) is 1. The zero-order valence-corrected chi connectivity index (χ0v) is 15.9. The summed E-state index contributed by atoms with van der Waals surface area (Å²) < 4.78 is 1.91. The first-order valence-corrected chi connectivity index (χ1v) is 9.15. The predicted octanol–water partition coefficient (Wildman–Crippen LogP) is 2.78. The van der Waals surface area contributed by atoms with Gasteiger partial charge in [0.2, 0.25) is 5.91 Å². The average Bonchev–Trinajstić information content (AvgIpc) is 2.89. The maximum Gasteiger partial charge on any atom is 0.271 e. The number of carbonyl (C=O) groups is 1.